The van der Waals surface area contributed by atoms with Gasteiger partial charge in [-0.05, 0) is 61.7 Å². The molecule has 2 amide bonds. The number of anilines is 2. The zero-order chi connectivity index (χ0) is 21.6. The monoisotopic (exact) mass is 420 g/mol. The van der Waals surface area contributed by atoms with Crippen LogP contribution in [0.4, 0.5) is 11.4 Å². The van der Waals surface area contributed by atoms with Crippen molar-refractivity contribution in [1.29, 1.82) is 0 Å². The highest BCUT2D eigenvalue weighted by Crippen LogP contribution is 2.30. The Morgan fingerprint density at radius 3 is 2.55 bits per heavy atom. The van der Waals surface area contributed by atoms with Gasteiger partial charge in [-0.25, -0.2) is 0 Å². The van der Waals surface area contributed by atoms with Crippen LogP contribution in [0.25, 0.3) is 11.4 Å². The van der Waals surface area contributed by atoms with Gasteiger partial charge in [0.15, 0.2) is 0 Å². The maximum atomic E-state index is 12.3. The maximum Gasteiger partial charge on any atom is 0.227 e. The highest BCUT2D eigenvalue weighted by Gasteiger charge is 2.29. The molecule has 0 atom stereocenters. The number of methoxy groups -OCH3 is 1. The minimum Gasteiger partial charge on any atom is -0.497 e. The molecule has 31 heavy (non-hydrogen) atoms. The fourth-order valence-corrected chi connectivity index (χ4v) is 3.10. The van der Waals surface area contributed by atoms with E-state index in [0.29, 0.717) is 42.4 Å². The summed E-state index contributed by atoms with van der Waals surface area (Å²) in [6.07, 6.45) is 3.30. The van der Waals surface area contributed by atoms with E-state index in [1.165, 1.54) is 0 Å². The number of benzene rings is 2. The van der Waals surface area contributed by atoms with E-state index in [9.17, 15) is 9.59 Å². The molecule has 1 saturated carbocycles. The molecule has 8 nitrogen and oxygen atoms in total. The smallest absolute Gasteiger partial charge is 0.227 e. The summed E-state index contributed by atoms with van der Waals surface area (Å²) < 4.78 is 10.4. The molecule has 2 N–H and O–H groups in total. The van der Waals surface area contributed by atoms with Crippen molar-refractivity contribution in [2.45, 2.75) is 32.1 Å². The lowest BCUT2D eigenvalue weighted by Crippen LogP contribution is -2.14. The Bertz CT molecular complexity index is 1060. The van der Waals surface area contributed by atoms with Crippen molar-refractivity contribution < 1.29 is 18.8 Å². The summed E-state index contributed by atoms with van der Waals surface area (Å²) in [7, 11) is 1.61. The molecule has 1 aliphatic carbocycles. The van der Waals surface area contributed by atoms with Crippen molar-refractivity contribution in [1.82, 2.24) is 10.1 Å². The number of rotatable bonds is 9. The lowest BCUT2D eigenvalue weighted by Gasteiger charge is -2.08. The number of aryl methyl sites for hydroxylation is 1. The minimum atomic E-state index is -0.111. The van der Waals surface area contributed by atoms with Crippen molar-refractivity contribution in [3.8, 4) is 17.1 Å². The van der Waals surface area contributed by atoms with Gasteiger partial charge in [-0.2, -0.15) is 4.98 Å². The fraction of sp³-hybridized carbons (Fsp3) is 0.304. The van der Waals surface area contributed by atoms with Gasteiger partial charge in [-0.3, -0.25) is 9.59 Å². The third-order valence-corrected chi connectivity index (χ3v) is 4.97. The molecule has 8 heteroatoms. The van der Waals surface area contributed by atoms with Gasteiger partial charge in [0.25, 0.3) is 0 Å². The molecular formula is C23H24N4O4. The first-order chi connectivity index (χ1) is 15.1. The van der Waals surface area contributed by atoms with Crippen LogP contribution in [0, 0.1) is 5.92 Å². The van der Waals surface area contributed by atoms with E-state index in [0.717, 1.165) is 24.2 Å². The highest BCUT2D eigenvalue weighted by molar-refractivity contribution is 5.95. The van der Waals surface area contributed by atoms with Crippen molar-refractivity contribution in [3.63, 3.8) is 0 Å². The summed E-state index contributed by atoms with van der Waals surface area (Å²) in [6, 6.07) is 14.6. The van der Waals surface area contributed by atoms with E-state index >= 15 is 0 Å². The first kappa shape index (κ1) is 20.6. The third kappa shape index (κ3) is 5.69. The zero-order valence-electron chi connectivity index (χ0n) is 17.3. The summed E-state index contributed by atoms with van der Waals surface area (Å²) in [5.74, 6) is 1.82. The molecule has 0 aliphatic heterocycles. The number of hydrogen-bond donors (Lipinski definition) is 2. The number of amides is 2. The standard InChI is InChI=1S/C23H24N4O4/c1-30-19-12-10-15(11-13-19)22-26-21(31-27-22)7-3-6-20(28)24-17-4-2-5-18(14-17)25-23(29)16-8-9-16/h2,4-5,10-14,16H,3,6-9H2,1H3,(H,24,28)(H,25,29). The van der Waals surface area contributed by atoms with Gasteiger partial charge in [0.2, 0.25) is 23.5 Å². The number of nitrogens with one attached hydrogen (secondary N) is 2. The van der Waals surface area contributed by atoms with Crippen molar-refractivity contribution in [2.24, 2.45) is 5.92 Å². The van der Waals surface area contributed by atoms with Gasteiger partial charge < -0.3 is 19.9 Å². The zero-order valence-corrected chi connectivity index (χ0v) is 17.3. The SMILES string of the molecule is COc1ccc(-c2noc(CCCC(=O)Nc3cccc(NC(=O)C4CC4)c3)n2)cc1. The van der Waals surface area contributed by atoms with Crippen LogP contribution in [-0.2, 0) is 16.0 Å². The van der Waals surface area contributed by atoms with E-state index < -0.39 is 0 Å². The summed E-state index contributed by atoms with van der Waals surface area (Å²) in [5.41, 5.74) is 2.17. The predicted octanol–water partition coefficient (Wildman–Crippen LogP) is 4.06. The molecule has 1 aliphatic rings. The molecule has 0 saturated heterocycles. The molecule has 0 bridgehead atoms. The van der Waals surface area contributed by atoms with Crippen LogP contribution in [0.5, 0.6) is 5.75 Å². The van der Waals surface area contributed by atoms with Crippen LogP contribution in [0.1, 0.15) is 31.6 Å². The van der Waals surface area contributed by atoms with Gasteiger partial charge in [0.1, 0.15) is 5.75 Å². The second-order valence-electron chi connectivity index (χ2n) is 7.49. The topological polar surface area (TPSA) is 106 Å². The first-order valence-electron chi connectivity index (χ1n) is 10.3. The average Bonchev–Trinajstić information content (AvgIpc) is 3.53. The molecule has 1 heterocycles. The second-order valence-corrected chi connectivity index (χ2v) is 7.49. The van der Waals surface area contributed by atoms with Crippen LogP contribution in [0.15, 0.2) is 53.1 Å². The Morgan fingerprint density at radius 2 is 1.84 bits per heavy atom. The van der Waals surface area contributed by atoms with Gasteiger partial charge in [-0.15, -0.1) is 0 Å². The van der Waals surface area contributed by atoms with Gasteiger partial charge in [0, 0.05) is 35.7 Å². The predicted molar refractivity (Wildman–Crippen MR) is 116 cm³/mol. The van der Waals surface area contributed by atoms with Crippen LogP contribution in [0.3, 0.4) is 0 Å². The Morgan fingerprint density at radius 1 is 1.10 bits per heavy atom. The summed E-state index contributed by atoms with van der Waals surface area (Å²) in [4.78, 5) is 28.5. The number of carbonyl (C=O) groups excluding carboxylic acids is 2. The molecule has 160 valence electrons. The van der Waals surface area contributed by atoms with Crippen LogP contribution < -0.4 is 15.4 Å². The molecule has 0 radical (unpaired) electrons. The number of hydrogen-bond acceptors (Lipinski definition) is 6. The maximum absolute atomic E-state index is 12.3. The molecule has 4 rings (SSSR count). The molecule has 3 aromatic rings. The fourth-order valence-electron chi connectivity index (χ4n) is 3.10. The van der Waals surface area contributed by atoms with E-state index in [-0.39, 0.29) is 17.7 Å². The number of nitrogens with zero attached hydrogens (tertiary/aromatic N) is 2. The van der Waals surface area contributed by atoms with E-state index in [1.54, 1.807) is 25.3 Å². The lowest BCUT2D eigenvalue weighted by molar-refractivity contribution is -0.117. The second kappa shape index (κ2) is 9.42. The minimum absolute atomic E-state index is 0.0389. The Kier molecular flexibility index (Phi) is 6.26. The summed E-state index contributed by atoms with van der Waals surface area (Å²) in [5, 5.41) is 9.73. The van der Waals surface area contributed by atoms with Gasteiger partial charge in [-0.1, -0.05) is 11.2 Å². The molecule has 0 spiro atoms. The molecular weight excluding hydrogens is 396 g/mol. The number of carbonyl (C=O) groups is 2. The summed E-state index contributed by atoms with van der Waals surface area (Å²) >= 11 is 0. The van der Waals surface area contributed by atoms with E-state index in [1.807, 2.05) is 30.3 Å². The third-order valence-electron chi connectivity index (χ3n) is 4.97. The van der Waals surface area contributed by atoms with Crippen molar-refractivity contribution in [3.05, 3.63) is 54.4 Å². The molecule has 1 aromatic heterocycles. The first-order valence-corrected chi connectivity index (χ1v) is 10.3. The van der Waals surface area contributed by atoms with Crippen molar-refractivity contribution >= 4 is 23.2 Å². The highest BCUT2D eigenvalue weighted by atomic mass is 16.5. The lowest BCUT2D eigenvalue weighted by atomic mass is 10.2. The van der Waals surface area contributed by atoms with Gasteiger partial charge >= 0.3 is 0 Å². The van der Waals surface area contributed by atoms with Crippen molar-refractivity contribution in [2.75, 3.05) is 17.7 Å². The summed E-state index contributed by atoms with van der Waals surface area (Å²) in [6.45, 7) is 0. The van der Waals surface area contributed by atoms with Crippen LogP contribution in [-0.4, -0.2) is 29.1 Å². The number of aromatic nitrogens is 2. The van der Waals surface area contributed by atoms with Crippen LogP contribution >= 0.6 is 0 Å². The van der Waals surface area contributed by atoms with Gasteiger partial charge in [0.05, 0.1) is 7.11 Å². The molecule has 2 aromatic carbocycles. The molecule has 0 unspecified atom stereocenters. The largest absolute Gasteiger partial charge is 0.497 e. The quantitative estimate of drug-likeness (QED) is 0.541. The van der Waals surface area contributed by atoms with Crippen LogP contribution in [0.2, 0.25) is 0 Å². The van der Waals surface area contributed by atoms with E-state index in [4.69, 9.17) is 9.26 Å². The normalized spacial score (nSPS) is 12.9. The Labute approximate surface area is 180 Å². The Balaban J connectivity index is 1.24. The Hall–Kier alpha value is -3.68. The average molecular weight is 420 g/mol. The number of ether oxygens (including phenoxy) is 1. The van der Waals surface area contributed by atoms with E-state index in [2.05, 4.69) is 20.8 Å². The molecule has 1 fully saturated rings.